The van der Waals surface area contributed by atoms with Crippen molar-refractivity contribution in [2.75, 3.05) is 19.8 Å². The molecule has 1 rings (SSSR count). The molecule has 0 aromatic heterocycles. The molecule has 0 aromatic rings. The summed E-state index contributed by atoms with van der Waals surface area (Å²) in [5, 5.41) is 3.43. The highest BCUT2D eigenvalue weighted by molar-refractivity contribution is 4.73. The minimum Gasteiger partial charge on any atom is -0.380 e. The molecule has 0 saturated carbocycles. The average molecular weight is 185 g/mol. The second kappa shape index (κ2) is 7.34. The number of hydrogen-bond acceptors (Lipinski definition) is 2. The lowest BCUT2D eigenvalue weighted by Gasteiger charge is -2.10. The summed E-state index contributed by atoms with van der Waals surface area (Å²) in [5.74, 6) is 0. The molecule has 0 spiro atoms. The van der Waals surface area contributed by atoms with Crippen molar-refractivity contribution in [2.24, 2.45) is 0 Å². The number of ether oxygens (including phenoxy) is 1. The highest BCUT2D eigenvalue weighted by Gasteiger charge is 2.12. The molecule has 1 atom stereocenters. The molecule has 1 unspecified atom stereocenters. The van der Waals surface area contributed by atoms with E-state index in [1.807, 2.05) is 0 Å². The van der Waals surface area contributed by atoms with E-state index in [-0.39, 0.29) is 0 Å². The van der Waals surface area contributed by atoms with Crippen LogP contribution in [0.1, 0.15) is 45.4 Å². The van der Waals surface area contributed by atoms with Gasteiger partial charge in [0.25, 0.3) is 0 Å². The van der Waals surface area contributed by atoms with Crippen molar-refractivity contribution in [3.63, 3.8) is 0 Å². The molecule has 1 aliphatic rings. The summed E-state index contributed by atoms with van der Waals surface area (Å²) in [5.41, 5.74) is 0. The van der Waals surface area contributed by atoms with E-state index in [9.17, 15) is 0 Å². The molecule has 1 fully saturated rings. The van der Waals surface area contributed by atoms with Crippen LogP contribution in [0.2, 0.25) is 0 Å². The van der Waals surface area contributed by atoms with Gasteiger partial charge in [-0.25, -0.2) is 0 Å². The van der Waals surface area contributed by atoms with Crippen LogP contribution in [-0.4, -0.2) is 25.8 Å². The summed E-state index contributed by atoms with van der Waals surface area (Å²) in [6, 6.07) is 0.645. The van der Waals surface area contributed by atoms with Gasteiger partial charge in [-0.15, -0.1) is 0 Å². The maximum Gasteiger partial charge on any atom is 0.0619 e. The molecule has 1 saturated heterocycles. The maximum absolute atomic E-state index is 5.60. The number of nitrogens with one attached hydrogen (secondary N) is 1. The molecule has 1 N–H and O–H groups in total. The Kier molecular flexibility index (Phi) is 6.21. The lowest BCUT2D eigenvalue weighted by atomic mass is 10.2. The normalized spacial score (nSPS) is 22.4. The third kappa shape index (κ3) is 5.27. The quantitative estimate of drug-likeness (QED) is 0.615. The minimum atomic E-state index is 0.645. The first-order chi connectivity index (χ1) is 6.43. The zero-order chi connectivity index (χ0) is 9.36. The first kappa shape index (κ1) is 11.0. The summed E-state index contributed by atoms with van der Waals surface area (Å²) >= 11 is 0. The third-order valence-electron chi connectivity index (χ3n) is 2.62. The summed E-state index contributed by atoms with van der Waals surface area (Å²) in [6.45, 7) is 5.30. The van der Waals surface area contributed by atoms with Crippen LogP contribution in [0.25, 0.3) is 0 Å². The van der Waals surface area contributed by atoms with Crippen molar-refractivity contribution < 1.29 is 4.74 Å². The number of rotatable bonds is 7. The fourth-order valence-electron chi connectivity index (χ4n) is 1.76. The molecule has 0 radical (unpaired) electrons. The highest BCUT2D eigenvalue weighted by atomic mass is 16.5. The van der Waals surface area contributed by atoms with Crippen LogP contribution in [0, 0.1) is 0 Å². The van der Waals surface area contributed by atoms with Crippen molar-refractivity contribution in [3.8, 4) is 0 Å². The smallest absolute Gasteiger partial charge is 0.0619 e. The molecule has 0 bridgehead atoms. The molecule has 78 valence electrons. The Morgan fingerprint density at radius 1 is 1.31 bits per heavy atom. The molecule has 0 amide bonds. The van der Waals surface area contributed by atoms with E-state index in [1.54, 1.807) is 0 Å². The predicted octanol–water partition coefficient (Wildman–Crippen LogP) is 2.34. The standard InChI is InChI=1S/C11H23NO/c1-2-3-4-5-9-13-10-11-7-6-8-12-11/h11-12H,2-10H2,1H3. The topological polar surface area (TPSA) is 21.3 Å². The van der Waals surface area contributed by atoms with Gasteiger partial charge in [0, 0.05) is 12.6 Å². The fourth-order valence-corrected chi connectivity index (χ4v) is 1.76. The van der Waals surface area contributed by atoms with Gasteiger partial charge in [-0.3, -0.25) is 0 Å². The third-order valence-corrected chi connectivity index (χ3v) is 2.62. The Hall–Kier alpha value is -0.0800. The Balaban J connectivity index is 1.78. The van der Waals surface area contributed by atoms with Gasteiger partial charge in [0.2, 0.25) is 0 Å². The number of unbranched alkanes of at least 4 members (excludes halogenated alkanes) is 3. The van der Waals surface area contributed by atoms with Crippen molar-refractivity contribution in [1.29, 1.82) is 0 Å². The Morgan fingerprint density at radius 3 is 2.92 bits per heavy atom. The number of hydrogen-bond donors (Lipinski definition) is 1. The molecule has 13 heavy (non-hydrogen) atoms. The summed E-state index contributed by atoms with van der Waals surface area (Å²) < 4.78 is 5.60. The van der Waals surface area contributed by atoms with Crippen molar-refractivity contribution in [1.82, 2.24) is 5.32 Å². The maximum atomic E-state index is 5.60. The van der Waals surface area contributed by atoms with Crippen LogP contribution in [0.15, 0.2) is 0 Å². The van der Waals surface area contributed by atoms with E-state index in [4.69, 9.17) is 4.74 Å². The second-order valence-electron chi connectivity index (χ2n) is 3.93. The monoisotopic (exact) mass is 185 g/mol. The van der Waals surface area contributed by atoms with Crippen LogP contribution in [0.4, 0.5) is 0 Å². The van der Waals surface area contributed by atoms with Crippen molar-refractivity contribution >= 4 is 0 Å². The van der Waals surface area contributed by atoms with Gasteiger partial charge in [0.15, 0.2) is 0 Å². The molecule has 1 aliphatic heterocycles. The van der Waals surface area contributed by atoms with Crippen LogP contribution in [-0.2, 0) is 4.74 Å². The zero-order valence-electron chi connectivity index (χ0n) is 8.85. The van der Waals surface area contributed by atoms with E-state index in [2.05, 4.69) is 12.2 Å². The van der Waals surface area contributed by atoms with E-state index < -0.39 is 0 Å². The summed E-state index contributed by atoms with van der Waals surface area (Å²) in [7, 11) is 0. The largest absolute Gasteiger partial charge is 0.380 e. The van der Waals surface area contributed by atoms with Crippen LogP contribution < -0.4 is 5.32 Å². The van der Waals surface area contributed by atoms with E-state index in [0.717, 1.165) is 13.2 Å². The SMILES string of the molecule is CCCCCCOCC1CCCN1. The molecule has 1 heterocycles. The molecule has 2 nitrogen and oxygen atoms in total. The molecule has 0 aliphatic carbocycles. The lowest BCUT2D eigenvalue weighted by molar-refractivity contribution is 0.112. The van der Waals surface area contributed by atoms with E-state index in [0.29, 0.717) is 6.04 Å². The van der Waals surface area contributed by atoms with Gasteiger partial charge < -0.3 is 10.1 Å². The van der Waals surface area contributed by atoms with E-state index >= 15 is 0 Å². The lowest BCUT2D eigenvalue weighted by Crippen LogP contribution is -2.26. The Bertz CT molecular complexity index is 111. The van der Waals surface area contributed by atoms with Crippen molar-refractivity contribution in [2.45, 2.75) is 51.5 Å². The highest BCUT2D eigenvalue weighted by Crippen LogP contribution is 2.05. The fraction of sp³-hybridized carbons (Fsp3) is 1.00. The summed E-state index contributed by atoms with van der Waals surface area (Å²) in [6.07, 6.45) is 7.85. The predicted molar refractivity (Wildman–Crippen MR) is 56.0 cm³/mol. The van der Waals surface area contributed by atoms with Gasteiger partial charge in [-0.05, 0) is 25.8 Å². The van der Waals surface area contributed by atoms with Crippen LogP contribution in [0.5, 0.6) is 0 Å². The van der Waals surface area contributed by atoms with Crippen LogP contribution in [0.3, 0.4) is 0 Å². The molecule has 0 aromatic carbocycles. The van der Waals surface area contributed by atoms with Crippen molar-refractivity contribution in [3.05, 3.63) is 0 Å². The Labute approximate surface area is 82.0 Å². The van der Waals surface area contributed by atoms with Gasteiger partial charge in [-0.2, -0.15) is 0 Å². The first-order valence-electron chi connectivity index (χ1n) is 5.74. The van der Waals surface area contributed by atoms with Gasteiger partial charge in [0.05, 0.1) is 6.61 Å². The molecular formula is C11H23NO. The first-order valence-corrected chi connectivity index (χ1v) is 5.74. The zero-order valence-corrected chi connectivity index (χ0v) is 8.85. The van der Waals surface area contributed by atoms with E-state index in [1.165, 1.54) is 45.1 Å². The minimum absolute atomic E-state index is 0.645. The average Bonchev–Trinajstić information content (AvgIpc) is 2.63. The summed E-state index contributed by atoms with van der Waals surface area (Å²) in [4.78, 5) is 0. The Morgan fingerprint density at radius 2 is 2.23 bits per heavy atom. The van der Waals surface area contributed by atoms with Crippen LogP contribution >= 0.6 is 0 Å². The van der Waals surface area contributed by atoms with Gasteiger partial charge in [-0.1, -0.05) is 26.2 Å². The van der Waals surface area contributed by atoms with Gasteiger partial charge in [0.1, 0.15) is 0 Å². The van der Waals surface area contributed by atoms with Gasteiger partial charge >= 0.3 is 0 Å². The molecule has 2 heteroatoms. The molecular weight excluding hydrogens is 162 g/mol. The second-order valence-corrected chi connectivity index (χ2v) is 3.93.